The van der Waals surface area contributed by atoms with Crippen molar-refractivity contribution < 1.29 is 4.74 Å². The predicted octanol–water partition coefficient (Wildman–Crippen LogP) is 2.31. The minimum atomic E-state index is -0.134. The fraction of sp³-hybridized carbons (Fsp3) is 0.188. The molecular weight excluding hydrogens is 266 g/mol. The Morgan fingerprint density at radius 1 is 1.10 bits per heavy atom. The first-order valence-corrected chi connectivity index (χ1v) is 6.59. The summed E-state index contributed by atoms with van der Waals surface area (Å²) in [6.45, 7) is 1.94. The maximum absolute atomic E-state index is 11.5. The Hall–Kier alpha value is -2.69. The standard InChI is InChI=1S/C16H15N3O2/c1-10-4-5-12-11(6-8-14(21-3)16(12)17-10)13-7-9-15(20)19(2)18-13/h4-9H,1-3H3. The van der Waals surface area contributed by atoms with Gasteiger partial charge in [-0.15, -0.1) is 0 Å². The molecule has 0 aliphatic rings. The van der Waals surface area contributed by atoms with Crippen LogP contribution in [-0.2, 0) is 7.05 Å². The molecule has 0 amide bonds. The highest BCUT2D eigenvalue weighted by atomic mass is 16.5. The van der Waals surface area contributed by atoms with Crippen LogP contribution in [-0.4, -0.2) is 21.9 Å². The van der Waals surface area contributed by atoms with Crippen molar-refractivity contribution in [1.29, 1.82) is 0 Å². The Labute approximate surface area is 121 Å². The third kappa shape index (κ3) is 2.27. The second-order valence-corrected chi connectivity index (χ2v) is 4.84. The van der Waals surface area contributed by atoms with Gasteiger partial charge in [0.2, 0.25) is 0 Å². The van der Waals surface area contributed by atoms with Crippen LogP contribution < -0.4 is 10.3 Å². The number of nitrogens with zero attached hydrogens (tertiary/aromatic N) is 3. The van der Waals surface area contributed by atoms with Crippen molar-refractivity contribution in [1.82, 2.24) is 14.8 Å². The lowest BCUT2D eigenvalue weighted by Crippen LogP contribution is -2.18. The predicted molar refractivity (Wildman–Crippen MR) is 81.5 cm³/mol. The second-order valence-electron chi connectivity index (χ2n) is 4.84. The van der Waals surface area contributed by atoms with Crippen LogP contribution in [0.25, 0.3) is 22.2 Å². The van der Waals surface area contributed by atoms with E-state index in [4.69, 9.17) is 4.74 Å². The number of rotatable bonds is 2. The Morgan fingerprint density at radius 2 is 1.90 bits per heavy atom. The zero-order valence-corrected chi connectivity index (χ0v) is 12.1. The third-order valence-electron chi connectivity index (χ3n) is 3.42. The Kier molecular flexibility index (Phi) is 3.17. The van der Waals surface area contributed by atoms with Gasteiger partial charge in [-0.1, -0.05) is 6.07 Å². The van der Waals surface area contributed by atoms with Crippen LogP contribution in [0.3, 0.4) is 0 Å². The van der Waals surface area contributed by atoms with E-state index in [0.717, 1.165) is 33.6 Å². The van der Waals surface area contributed by atoms with Crippen LogP contribution in [0.2, 0.25) is 0 Å². The lowest BCUT2D eigenvalue weighted by Gasteiger charge is -2.10. The zero-order chi connectivity index (χ0) is 15.0. The molecule has 5 nitrogen and oxygen atoms in total. The highest BCUT2D eigenvalue weighted by Crippen LogP contribution is 2.32. The molecule has 0 unspecified atom stereocenters. The summed E-state index contributed by atoms with van der Waals surface area (Å²) in [5, 5.41) is 5.26. The first-order valence-electron chi connectivity index (χ1n) is 6.59. The maximum atomic E-state index is 11.5. The monoisotopic (exact) mass is 281 g/mol. The van der Waals surface area contributed by atoms with Gasteiger partial charge in [-0.25, -0.2) is 9.67 Å². The molecule has 0 saturated carbocycles. The summed E-state index contributed by atoms with van der Waals surface area (Å²) in [6.07, 6.45) is 0. The number of pyridine rings is 1. The number of benzene rings is 1. The SMILES string of the molecule is COc1ccc(-c2ccc(=O)n(C)n2)c2ccc(C)nc12. The van der Waals surface area contributed by atoms with Crippen molar-refractivity contribution in [2.75, 3.05) is 7.11 Å². The highest BCUT2D eigenvalue weighted by molar-refractivity contribution is 5.97. The van der Waals surface area contributed by atoms with Crippen LogP contribution in [0.15, 0.2) is 41.2 Å². The number of aromatic nitrogens is 3. The molecule has 0 fully saturated rings. The van der Waals surface area contributed by atoms with Gasteiger partial charge in [-0.05, 0) is 31.2 Å². The van der Waals surface area contributed by atoms with E-state index < -0.39 is 0 Å². The van der Waals surface area contributed by atoms with Gasteiger partial charge in [-0.2, -0.15) is 5.10 Å². The Bertz CT molecular complexity index is 884. The number of hydrogen-bond acceptors (Lipinski definition) is 4. The third-order valence-corrected chi connectivity index (χ3v) is 3.42. The molecule has 2 aromatic heterocycles. The minimum absolute atomic E-state index is 0.134. The zero-order valence-electron chi connectivity index (χ0n) is 12.1. The number of aryl methyl sites for hydroxylation is 2. The first-order chi connectivity index (χ1) is 10.1. The molecule has 2 heterocycles. The molecule has 0 radical (unpaired) electrons. The number of methoxy groups -OCH3 is 1. The van der Waals surface area contributed by atoms with E-state index in [0.29, 0.717) is 0 Å². The number of hydrogen-bond donors (Lipinski definition) is 0. The molecule has 0 N–H and O–H groups in total. The summed E-state index contributed by atoms with van der Waals surface area (Å²) in [4.78, 5) is 16.0. The first kappa shape index (κ1) is 13.3. The van der Waals surface area contributed by atoms with Crippen molar-refractivity contribution in [2.24, 2.45) is 7.05 Å². The van der Waals surface area contributed by atoms with E-state index in [2.05, 4.69) is 10.1 Å². The molecule has 0 spiro atoms. The molecule has 5 heteroatoms. The minimum Gasteiger partial charge on any atom is -0.494 e. The van der Waals surface area contributed by atoms with E-state index >= 15 is 0 Å². The van der Waals surface area contributed by atoms with E-state index in [1.54, 1.807) is 20.2 Å². The fourth-order valence-corrected chi connectivity index (χ4v) is 2.32. The van der Waals surface area contributed by atoms with Crippen LogP contribution in [0, 0.1) is 6.92 Å². The summed E-state index contributed by atoms with van der Waals surface area (Å²) in [6, 6.07) is 11.0. The average Bonchev–Trinajstić information content (AvgIpc) is 2.49. The average molecular weight is 281 g/mol. The van der Waals surface area contributed by atoms with Gasteiger partial charge in [0.15, 0.2) is 0 Å². The van der Waals surface area contributed by atoms with Crippen molar-refractivity contribution in [3.8, 4) is 17.0 Å². The van der Waals surface area contributed by atoms with E-state index in [1.165, 1.54) is 10.7 Å². The molecule has 0 aliphatic carbocycles. The number of ether oxygens (including phenoxy) is 1. The molecule has 0 bridgehead atoms. The molecule has 0 aliphatic heterocycles. The molecule has 0 saturated heterocycles. The van der Waals surface area contributed by atoms with Gasteiger partial charge in [0, 0.05) is 29.8 Å². The van der Waals surface area contributed by atoms with E-state index in [1.807, 2.05) is 31.2 Å². The summed E-state index contributed by atoms with van der Waals surface area (Å²) < 4.78 is 6.70. The van der Waals surface area contributed by atoms with Crippen LogP contribution in [0.1, 0.15) is 5.69 Å². The topological polar surface area (TPSA) is 57.0 Å². The molecule has 1 aromatic carbocycles. The Balaban J connectivity index is 2.33. The highest BCUT2D eigenvalue weighted by Gasteiger charge is 2.11. The van der Waals surface area contributed by atoms with E-state index in [-0.39, 0.29) is 5.56 Å². The van der Waals surface area contributed by atoms with Crippen LogP contribution in [0.4, 0.5) is 0 Å². The molecule has 3 aromatic rings. The van der Waals surface area contributed by atoms with Crippen LogP contribution >= 0.6 is 0 Å². The summed E-state index contributed by atoms with van der Waals surface area (Å²) in [5.74, 6) is 0.724. The molecule has 3 rings (SSSR count). The van der Waals surface area contributed by atoms with Gasteiger partial charge in [0.05, 0.1) is 12.8 Å². The van der Waals surface area contributed by atoms with Crippen molar-refractivity contribution in [2.45, 2.75) is 6.92 Å². The summed E-state index contributed by atoms with van der Waals surface area (Å²) in [5.41, 5.74) is 3.24. The second kappa shape index (κ2) is 5.01. The quantitative estimate of drug-likeness (QED) is 0.723. The lowest BCUT2D eigenvalue weighted by molar-refractivity contribution is 0.419. The summed E-state index contributed by atoms with van der Waals surface area (Å²) >= 11 is 0. The molecular formula is C16H15N3O2. The van der Waals surface area contributed by atoms with Gasteiger partial charge in [0.25, 0.3) is 5.56 Å². The van der Waals surface area contributed by atoms with Crippen molar-refractivity contribution >= 4 is 10.9 Å². The molecule has 0 atom stereocenters. The van der Waals surface area contributed by atoms with Gasteiger partial charge in [-0.3, -0.25) is 4.79 Å². The smallest absolute Gasteiger partial charge is 0.266 e. The Morgan fingerprint density at radius 3 is 2.62 bits per heavy atom. The maximum Gasteiger partial charge on any atom is 0.266 e. The van der Waals surface area contributed by atoms with Crippen LogP contribution in [0.5, 0.6) is 5.75 Å². The lowest BCUT2D eigenvalue weighted by atomic mass is 10.0. The molecule has 21 heavy (non-hydrogen) atoms. The number of fused-ring (bicyclic) bond motifs is 1. The van der Waals surface area contributed by atoms with Crippen molar-refractivity contribution in [3.63, 3.8) is 0 Å². The largest absolute Gasteiger partial charge is 0.494 e. The normalized spacial score (nSPS) is 10.8. The summed E-state index contributed by atoms with van der Waals surface area (Å²) in [7, 11) is 3.27. The van der Waals surface area contributed by atoms with E-state index in [9.17, 15) is 4.79 Å². The van der Waals surface area contributed by atoms with Gasteiger partial charge in [0.1, 0.15) is 11.3 Å². The van der Waals surface area contributed by atoms with Gasteiger partial charge >= 0.3 is 0 Å². The van der Waals surface area contributed by atoms with Crippen molar-refractivity contribution in [3.05, 3.63) is 52.4 Å². The van der Waals surface area contributed by atoms with Gasteiger partial charge < -0.3 is 4.74 Å². The fourth-order valence-electron chi connectivity index (χ4n) is 2.32. The molecule has 106 valence electrons.